The first-order valence-corrected chi connectivity index (χ1v) is 7.31. The fraction of sp³-hybridized carbons (Fsp3) is 0.700. The van der Waals surface area contributed by atoms with Gasteiger partial charge in [0.05, 0.1) is 18.4 Å². The molecule has 1 atom stereocenters. The SMILES string of the molecule is CCOCCS(=O)(=O)NC(CC)c1ncc[nH]1. The van der Waals surface area contributed by atoms with Gasteiger partial charge in [0.25, 0.3) is 0 Å². The molecule has 1 unspecified atom stereocenters. The van der Waals surface area contributed by atoms with Gasteiger partial charge in [0.1, 0.15) is 5.82 Å². The maximum absolute atomic E-state index is 11.7. The van der Waals surface area contributed by atoms with Gasteiger partial charge in [-0.1, -0.05) is 6.92 Å². The van der Waals surface area contributed by atoms with Crippen LogP contribution in [0.15, 0.2) is 12.4 Å². The molecule has 0 aliphatic carbocycles. The molecule has 0 amide bonds. The molecule has 98 valence electrons. The van der Waals surface area contributed by atoms with Crippen LogP contribution in [0.2, 0.25) is 0 Å². The topological polar surface area (TPSA) is 84.1 Å². The molecular weight excluding hydrogens is 242 g/mol. The van der Waals surface area contributed by atoms with Crippen LogP contribution < -0.4 is 4.72 Å². The summed E-state index contributed by atoms with van der Waals surface area (Å²) in [7, 11) is -3.33. The molecule has 0 aliphatic rings. The molecule has 17 heavy (non-hydrogen) atoms. The summed E-state index contributed by atoms with van der Waals surface area (Å²) in [5.41, 5.74) is 0. The van der Waals surface area contributed by atoms with Crippen LogP contribution in [0, 0.1) is 0 Å². The molecule has 6 nitrogen and oxygen atoms in total. The molecule has 0 aliphatic heterocycles. The smallest absolute Gasteiger partial charge is 0.214 e. The highest BCUT2D eigenvalue weighted by Gasteiger charge is 2.19. The van der Waals surface area contributed by atoms with Gasteiger partial charge in [0, 0.05) is 19.0 Å². The highest BCUT2D eigenvalue weighted by molar-refractivity contribution is 7.89. The summed E-state index contributed by atoms with van der Waals surface area (Å²) in [6.07, 6.45) is 3.92. The summed E-state index contributed by atoms with van der Waals surface area (Å²) in [6.45, 7) is 4.46. The molecule has 1 heterocycles. The number of aromatic amines is 1. The van der Waals surface area contributed by atoms with Crippen molar-refractivity contribution >= 4 is 10.0 Å². The number of H-pyrrole nitrogens is 1. The molecule has 1 rings (SSSR count). The van der Waals surface area contributed by atoms with Gasteiger partial charge >= 0.3 is 0 Å². The number of nitrogens with zero attached hydrogens (tertiary/aromatic N) is 1. The summed E-state index contributed by atoms with van der Waals surface area (Å²) < 4.78 is 31.1. The highest BCUT2D eigenvalue weighted by Crippen LogP contribution is 2.12. The van der Waals surface area contributed by atoms with Gasteiger partial charge in [-0.05, 0) is 13.3 Å². The minimum absolute atomic E-state index is 0.0297. The van der Waals surface area contributed by atoms with Crippen molar-refractivity contribution in [3.63, 3.8) is 0 Å². The summed E-state index contributed by atoms with van der Waals surface area (Å²) in [5.74, 6) is 0.602. The lowest BCUT2D eigenvalue weighted by Gasteiger charge is -2.14. The fourth-order valence-electron chi connectivity index (χ4n) is 1.39. The fourth-order valence-corrected chi connectivity index (χ4v) is 2.56. The number of nitrogens with one attached hydrogen (secondary N) is 2. The van der Waals surface area contributed by atoms with Crippen LogP contribution >= 0.6 is 0 Å². The van der Waals surface area contributed by atoms with Gasteiger partial charge in [-0.15, -0.1) is 0 Å². The van der Waals surface area contributed by atoms with Crippen molar-refractivity contribution in [2.45, 2.75) is 26.3 Å². The van der Waals surface area contributed by atoms with Gasteiger partial charge in [-0.3, -0.25) is 0 Å². The summed E-state index contributed by atoms with van der Waals surface area (Å²) in [4.78, 5) is 6.96. The standard InChI is InChI=1S/C10H19N3O3S/c1-3-9(10-11-5-6-12-10)13-17(14,15)8-7-16-4-2/h5-6,9,13H,3-4,7-8H2,1-2H3,(H,11,12). The molecule has 1 aromatic rings. The van der Waals surface area contributed by atoms with E-state index in [1.807, 2.05) is 13.8 Å². The monoisotopic (exact) mass is 261 g/mol. The van der Waals surface area contributed by atoms with Crippen LogP contribution in [0.4, 0.5) is 0 Å². The van der Waals surface area contributed by atoms with Crippen molar-refractivity contribution in [1.82, 2.24) is 14.7 Å². The lowest BCUT2D eigenvalue weighted by Crippen LogP contribution is -2.32. The van der Waals surface area contributed by atoms with Crippen LogP contribution in [0.1, 0.15) is 32.1 Å². The van der Waals surface area contributed by atoms with Crippen LogP contribution in [0.25, 0.3) is 0 Å². The average molecular weight is 261 g/mol. The summed E-state index contributed by atoms with van der Waals surface area (Å²) in [5, 5.41) is 0. The minimum atomic E-state index is -3.33. The largest absolute Gasteiger partial charge is 0.381 e. The van der Waals surface area contributed by atoms with Crippen molar-refractivity contribution in [1.29, 1.82) is 0 Å². The van der Waals surface area contributed by atoms with Crippen molar-refractivity contribution in [2.75, 3.05) is 19.0 Å². The zero-order valence-corrected chi connectivity index (χ0v) is 11.0. The predicted molar refractivity (Wildman–Crippen MR) is 65.0 cm³/mol. The lowest BCUT2D eigenvalue weighted by molar-refractivity contribution is 0.163. The molecular formula is C10H19N3O3S. The van der Waals surface area contributed by atoms with E-state index in [1.54, 1.807) is 12.4 Å². The zero-order valence-electron chi connectivity index (χ0n) is 10.1. The van der Waals surface area contributed by atoms with Crippen LogP contribution in [-0.4, -0.2) is 37.4 Å². The molecule has 2 N–H and O–H groups in total. The molecule has 0 saturated carbocycles. The Morgan fingerprint density at radius 1 is 1.53 bits per heavy atom. The highest BCUT2D eigenvalue weighted by atomic mass is 32.2. The van der Waals surface area contributed by atoms with Crippen molar-refractivity contribution in [3.8, 4) is 0 Å². The third kappa shape index (κ3) is 4.84. The number of ether oxygens (including phenoxy) is 1. The molecule has 1 aromatic heterocycles. The van der Waals surface area contributed by atoms with Gasteiger partial charge in [-0.25, -0.2) is 18.1 Å². The molecule has 7 heteroatoms. The normalized spacial score (nSPS) is 13.8. The van der Waals surface area contributed by atoms with E-state index in [0.29, 0.717) is 18.9 Å². The zero-order chi connectivity index (χ0) is 12.7. The lowest BCUT2D eigenvalue weighted by atomic mass is 10.2. The second-order valence-corrected chi connectivity index (χ2v) is 5.44. The van der Waals surface area contributed by atoms with Crippen molar-refractivity contribution in [3.05, 3.63) is 18.2 Å². The van der Waals surface area contributed by atoms with Crippen molar-refractivity contribution in [2.24, 2.45) is 0 Å². The second-order valence-electron chi connectivity index (χ2n) is 3.57. The first-order chi connectivity index (χ1) is 8.09. The van der Waals surface area contributed by atoms with E-state index in [0.717, 1.165) is 0 Å². The van der Waals surface area contributed by atoms with Gasteiger partial charge in [0.15, 0.2) is 0 Å². The Morgan fingerprint density at radius 2 is 2.29 bits per heavy atom. The van der Waals surface area contributed by atoms with Crippen LogP contribution in [0.5, 0.6) is 0 Å². The number of sulfonamides is 1. The summed E-state index contributed by atoms with van der Waals surface area (Å²) >= 11 is 0. The quantitative estimate of drug-likeness (QED) is 0.678. The third-order valence-corrected chi connectivity index (χ3v) is 3.63. The predicted octanol–water partition coefficient (Wildman–Crippen LogP) is 0.817. The Kier molecular flexibility index (Phi) is 5.60. The van der Waals surface area contributed by atoms with E-state index in [2.05, 4.69) is 14.7 Å². The Morgan fingerprint density at radius 3 is 2.82 bits per heavy atom. The van der Waals surface area contributed by atoms with E-state index < -0.39 is 10.0 Å². The van der Waals surface area contributed by atoms with E-state index in [9.17, 15) is 8.42 Å². The van der Waals surface area contributed by atoms with Crippen LogP contribution in [-0.2, 0) is 14.8 Å². The van der Waals surface area contributed by atoms with Crippen molar-refractivity contribution < 1.29 is 13.2 Å². The molecule has 0 bridgehead atoms. The van der Waals surface area contributed by atoms with E-state index in [4.69, 9.17) is 4.74 Å². The molecule has 0 saturated heterocycles. The Hall–Kier alpha value is -0.920. The van der Waals surface area contributed by atoms with Gasteiger partial charge in [-0.2, -0.15) is 0 Å². The van der Waals surface area contributed by atoms with E-state index >= 15 is 0 Å². The van der Waals surface area contributed by atoms with Gasteiger partial charge < -0.3 is 9.72 Å². The average Bonchev–Trinajstić information content (AvgIpc) is 2.79. The maximum atomic E-state index is 11.7. The Labute approximate surface area is 102 Å². The first-order valence-electron chi connectivity index (χ1n) is 5.66. The number of aromatic nitrogens is 2. The van der Waals surface area contributed by atoms with Gasteiger partial charge in [0.2, 0.25) is 10.0 Å². The van der Waals surface area contributed by atoms with E-state index in [1.165, 1.54) is 0 Å². The second kappa shape index (κ2) is 6.73. The number of hydrogen-bond acceptors (Lipinski definition) is 4. The number of hydrogen-bond donors (Lipinski definition) is 2. The summed E-state index contributed by atoms with van der Waals surface area (Å²) in [6, 6.07) is -0.309. The molecule has 0 aromatic carbocycles. The maximum Gasteiger partial charge on any atom is 0.214 e. The van der Waals surface area contributed by atoms with Crippen LogP contribution in [0.3, 0.4) is 0 Å². The minimum Gasteiger partial charge on any atom is -0.381 e. The number of imidazole rings is 1. The Bertz CT molecular complexity index is 402. The molecule has 0 radical (unpaired) electrons. The molecule has 0 spiro atoms. The van der Waals surface area contributed by atoms with E-state index in [-0.39, 0.29) is 18.4 Å². The molecule has 0 fully saturated rings. The first kappa shape index (κ1) is 14.1. The Balaban J connectivity index is 2.56. The number of rotatable bonds is 8. The third-order valence-electron chi connectivity index (χ3n) is 2.28.